The molecule has 0 fully saturated rings. The van der Waals surface area contributed by atoms with Crippen molar-refractivity contribution in [3.05, 3.63) is 47.4 Å². The van der Waals surface area contributed by atoms with Crippen molar-refractivity contribution < 1.29 is 19.4 Å². The van der Waals surface area contributed by atoms with Crippen LogP contribution in [-0.4, -0.2) is 56.5 Å². The molecule has 142 valence electrons. The summed E-state index contributed by atoms with van der Waals surface area (Å²) < 4.78 is 6.69. The van der Waals surface area contributed by atoms with Crippen molar-refractivity contribution in [1.82, 2.24) is 20.0 Å². The molecule has 3 rings (SSSR count). The number of nitrogens with one attached hydrogen (secondary N) is 1. The number of ketones is 2. The number of benzene rings is 1. The molecule has 3 aromatic rings. The molecule has 8 nitrogen and oxygen atoms in total. The van der Waals surface area contributed by atoms with E-state index in [0.717, 1.165) is 10.9 Å². The number of rotatable bonds is 9. The first-order chi connectivity index (χ1) is 13.0. The van der Waals surface area contributed by atoms with Crippen LogP contribution in [0.25, 0.3) is 10.9 Å². The van der Waals surface area contributed by atoms with Gasteiger partial charge in [-0.15, -0.1) is 5.10 Å². The van der Waals surface area contributed by atoms with Crippen molar-refractivity contribution in [1.29, 1.82) is 0 Å². The van der Waals surface area contributed by atoms with E-state index in [1.807, 2.05) is 13.8 Å². The summed E-state index contributed by atoms with van der Waals surface area (Å²) in [6, 6.07) is 7.08. The lowest BCUT2D eigenvalue weighted by atomic mass is 10.00. The molecule has 0 aliphatic rings. The Morgan fingerprint density at radius 2 is 2.07 bits per heavy atom. The number of carbonyl (C=O) groups is 2. The Labute approximate surface area is 156 Å². The number of hydrogen-bond acceptors (Lipinski definition) is 6. The van der Waals surface area contributed by atoms with Gasteiger partial charge in [-0.3, -0.25) is 9.59 Å². The highest BCUT2D eigenvalue weighted by atomic mass is 16.5. The number of ether oxygens (including phenoxy) is 1. The summed E-state index contributed by atoms with van der Waals surface area (Å²) in [6.07, 6.45) is 1.56. The van der Waals surface area contributed by atoms with E-state index < -0.39 is 0 Å². The van der Waals surface area contributed by atoms with E-state index in [4.69, 9.17) is 9.84 Å². The van der Waals surface area contributed by atoms with Gasteiger partial charge in [0, 0.05) is 22.4 Å². The van der Waals surface area contributed by atoms with E-state index in [9.17, 15) is 9.59 Å². The van der Waals surface area contributed by atoms with Crippen LogP contribution in [0.2, 0.25) is 0 Å². The Hall–Kier alpha value is -2.84. The lowest BCUT2D eigenvalue weighted by Crippen LogP contribution is -2.09. The zero-order valence-corrected chi connectivity index (χ0v) is 15.3. The summed E-state index contributed by atoms with van der Waals surface area (Å²) in [5, 5.41) is 17.3. The number of aliphatic hydroxyl groups excluding tert-OH is 1. The Morgan fingerprint density at radius 1 is 1.26 bits per heavy atom. The van der Waals surface area contributed by atoms with Crippen molar-refractivity contribution in [3.63, 3.8) is 0 Å². The van der Waals surface area contributed by atoms with Crippen LogP contribution in [0.15, 0.2) is 30.5 Å². The molecule has 27 heavy (non-hydrogen) atoms. The van der Waals surface area contributed by atoms with Gasteiger partial charge in [0.2, 0.25) is 5.78 Å². The average molecular weight is 370 g/mol. The number of hydrogen-bond donors (Lipinski definition) is 2. The van der Waals surface area contributed by atoms with Crippen LogP contribution in [0.4, 0.5) is 0 Å². The van der Waals surface area contributed by atoms with Crippen LogP contribution in [0.3, 0.4) is 0 Å². The average Bonchev–Trinajstić information content (AvgIpc) is 3.30. The van der Waals surface area contributed by atoms with E-state index >= 15 is 0 Å². The molecular weight excluding hydrogens is 348 g/mol. The molecule has 2 N–H and O–H groups in total. The fraction of sp³-hybridized carbons (Fsp3) is 0.368. The summed E-state index contributed by atoms with van der Waals surface area (Å²) >= 11 is 0. The van der Waals surface area contributed by atoms with Crippen LogP contribution in [0, 0.1) is 5.92 Å². The molecule has 2 heterocycles. The highest BCUT2D eigenvalue weighted by Gasteiger charge is 2.17. The number of fused-ring (bicyclic) bond motifs is 1. The highest BCUT2D eigenvalue weighted by Crippen LogP contribution is 2.20. The lowest BCUT2D eigenvalue weighted by molar-refractivity contribution is 0.0851. The summed E-state index contributed by atoms with van der Waals surface area (Å²) in [5.41, 5.74) is 2.03. The van der Waals surface area contributed by atoms with Crippen LogP contribution >= 0.6 is 0 Å². The molecule has 0 amide bonds. The van der Waals surface area contributed by atoms with Crippen molar-refractivity contribution in [3.8, 4) is 0 Å². The molecule has 0 aliphatic heterocycles. The van der Waals surface area contributed by atoms with E-state index in [-0.39, 0.29) is 36.4 Å². The van der Waals surface area contributed by atoms with Crippen molar-refractivity contribution in [2.75, 3.05) is 19.8 Å². The number of nitrogens with zero attached hydrogens (tertiary/aromatic N) is 3. The zero-order chi connectivity index (χ0) is 19.4. The molecule has 0 radical (unpaired) electrons. The third kappa shape index (κ3) is 4.29. The number of H-pyrrole nitrogens is 1. The molecule has 2 aromatic heterocycles. The number of aromatic nitrogens is 4. The molecule has 0 aliphatic carbocycles. The number of carbonyl (C=O) groups excluding carboxylic acids is 2. The summed E-state index contributed by atoms with van der Waals surface area (Å²) in [6.45, 7) is 4.75. The normalized spacial score (nSPS) is 11.4. The predicted octanol–water partition coefficient (Wildman–Crippen LogP) is 1.84. The van der Waals surface area contributed by atoms with Gasteiger partial charge < -0.3 is 14.8 Å². The minimum Gasteiger partial charge on any atom is -0.394 e. The third-order valence-corrected chi connectivity index (χ3v) is 4.15. The van der Waals surface area contributed by atoms with Gasteiger partial charge in [-0.2, -0.15) is 0 Å². The molecular formula is C19H22N4O4. The maximum atomic E-state index is 12.7. The Kier molecular flexibility index (Phi) is 5.78. The largest absolute Gasteiger partial charge is 0.394 e. The number of aromatic amines is 1. The van der Waals surface area contributed by atoms with Gasteiger partial charge in [0.05, 0.1) is 38.3 Å². The van der Waals surface area contributed by atoms with Crippen LogP contribution in [0.1, 0.15) is 40.4 Å². The van der Waals surface area contributed by atoms with Crippen LogP contribution < -0.4 is 0 Å². The van der Waals surface area contributed by atoms with E-state index in [1.165, 1.54) is 4.68 Å². The monoisotopic (exact) mass is 370 g/mol. The van der Waals surface area contributed by atoms with E-state index in [2.05, 4.69) is 15.3 Å². The van der Waals surface area contributed by atoms with E-state index in [1.54, 1.807) is 30.5 Å². The lowest BCUT2D eigenvalue weighted by Gasteiger charge is -2.03. The smallest absolute Gasteiger partial charge is 0.231 e. The van der Waals surface area contributed by atoms with E-state index in [0.29, 0.717) is 24.4 Å². The minimum atomic E-state index is -0.273. The van der Waals surface area contributed by atoms with Gasteiger partial charge in [0.25, 0.3) is 0 Å². The molecule has 0 saturated carbocycles. The third-order valence-electron chi connectivity index (χ3n) is 4.15. The first kappa shape index (κ1) is 18.9. The topological polar surface area (TPSA) is 110 Å². The van der Waals surface area contributed by atoms with Gasteiger partial charge in [-0.25, -0.2) is 4.68 Å². The number of aliphatic hydroxyl groups is 1. The predicted molar refractivity (Wildman–Crippen MR) is 98.8 cm³/mol. The fourth-order valence-electron chi connectivity index (χ4n) is 2.72. The quantitative estimate of drug-likeness (QED) is 0.439. The first-order valence-corrected chi connectivity index (χ1v) is 8.80. The van der Waals surface area contributed by atoms with Gasteiger partial charge in [0.1, 0.15) is 0 Å². The van der Waals surface area contributed by atoms with Gasteiger partial charge in [0.15, 0.2) is 11.5 Å². The Bertz CT molecular complexity index is 958. The minimum absolute atomic E-state index is 0.0358. The first-order valence-electron chi connectivity index (χ1n) is 8.80. The molecule has 0 bridgehead atoms. The Balaban J connectivity index is 1.76. The molecule has 0 spiro atoms. The van der Waals surface area contributed by atoms with Gasteiger partial charge in [-0.05, 0) is 24.3 Å². The second-order valence-electron chi connectivity index (χ2n) is 6.54. The molecule has 0 unspecified atom stereocenters. The molecule has 8 heteroatoms. The van der Waals surface area contributed by atoms with Crippen molar-refractivity contribution >= 4 is 22.5 Å². The SMILES string of the molecule is CC(C)C(=O)c1ccc2[nH]c(C(=O)c3cn(CCOCCO)nn3)cc2c1. The summed E-state index contributed by atoms with van der Waals surface area (Å²) in [5.74, 6) is -0.290. The number of Topliss-reactive ketones (excluding diaryl/α,β-unsaturated/α-hetero) is 1. The zero-order valence-electron chi connectivity index (χ0n) is 15.3. The summed E-state index contributed by atoms with van der Waals surface area (Å²) in [7, 11) is 0. The molecule has 1 aromatic carbocycles. The van der Waals surface area contributed by atoms with Gasteiger partial charge >= 0.3 is 0 Å². The highest BCUT2D eigenvalue weighted by molar-refractivity contribution is 6.09. The molecule has 0 saturated heterocycles. The van der Waals surface area contributed by atoms with Gasteiger partial charge in [-0.1, -0.05) is 19.1 Å². The second kappa shape index (κ2) is 8.24. The van der Waals surface area contributed by atoms with Crippen LogP contribution in [0.5, 0.6) is 0 Å². The van der Waals surface area contributed by atoms with Crippen LogP contribution in [-0.2, 0) is 11.3 Å². The summed E-state index contributed by atoms with van der Waals surface area (Å²) in [4.78, 5) is 27.9. The fourth-order valence-corrected chi connectivity index (χ4v) is 2.72. The standard InChI is InChI=1S/C19H22N4O4/c1-12(2)18(25)13-3-4-15-14(9-13)10-16(20-15)19(26)17-11-23(22-21-17)5-7-27-8-6-24/h3-4,9-12,20,24H,5-8H2,1-2H3. The maximum absolute atomic E-state index is 12.7. The molecule has 0 atom stereocenters. The van der Waals surface area contributed by atoms with Crippen molar-refractivity contribution in [2.24, 2.45) is 5.92 Å². The second-order valence-corrected chi connectivity index (χ2v) is 6.54. The van der Waals surface area contributed by atoms with Crippen molar-refractivity contribution in [2.45, 2.75) is 20.4 Å². The Morgan fingerprint density at radius 3 is 2.81 bits per heavy atom. The maximum Gasteiger partial charge on any atom is 0.231 e.